The summed E-state index contributed by atoms with van der Waals surface area (Å²) < 4.78 is 5.28. The van der Waals surface area contributed by atoms with Crippen molar-refractivity contribution in [2.24, 2.45) is 0 Å². The summed E-state index contributed by atoms with van der Waals surface area (Å²) in [5.41, 5.74) is -0.240. The van der Waals surface area contributed by atoms with E-state index in [1.807, 2.05) is 26.8 Å². The molecule has 21 heavy (non-hydrogen) atoms. The van der Waals surface area contributed by atoms with Gasteiger partial charge in [0, 0.05) is 18.2 Å². The number of aliphatic hydroxyl groups is 1. The second-order valence-corrected chi connectivity index (χ2v) is 5.65. The van der Waals surface area contributed by atoms with Crippen molar-refractivity contribution < 1.29 is 14.8 Å². The average molecular weight is 293 g/mol. The molecule has 2 N–H and O–H groups in total. The van der Waals surface area contributed by atoms with Crippen molar-refractivity contribution in [1.82, 2.24) is 5.32 Å². The Bertz CT molecular complexity index is 546. The van der Waals surface area contributed by atoms with E-state index in [-0.39, 0.29) is 29.1 Å². The van der Waals surface area contributed by atoms with Crippen LogP contribution < -0.4 is 10.1 Å². The van der Waals surface area contributed by atoms with Gasteiger partial charge in [0.05, 0.1) is 16.6 Å². The van der Waals surface area contributed by atoms with Gasteiger partial charge in [-0.3, -0.25) is 10.1 Å². The largest absolute Gasteiger partial charge is 0.484 e. The zero-order chi connectivity index (χ0) is 16.0. The molecular formula is C14H19N3O4. The molecule has 0 radical (unpaired) electrons. The number of nitrogens with zero attached hydrogens (tertiary/aromatic N) is 2. The first-order chi connectivity index (χ1) is 9.73. The first-order valence-corrected chi connectivity index (χ1v) is 6.47. The highest BCUT2D eigenvalue weighted by Gasteiger charge is 2.18. The van der Waals surface area contributed by atoms with Crippen LogP contribution in [0, 0.1) is 21.4 Å². The number of benzene rings is 1. The molecule has 0 aromatic heterocycles. The second kappa shape index (κ2) is 7.02. The van der Waals surface area contributed by atoms with Gasteiger partial charge >= 0.3 is 5.69 Å². The Morgan fingerprint density at radius 1 is 1.52 bits per heavy atom. The molecule has 0 saturated carbocycles. The minimum Gasteiger partial charge on any atom is -0.484 e. The van der Waals surface area contributed by atoms with Gasteiger partial charge in [0.1, 0.15) is 12.7 Å². The van der Waals surface area contributed by atoms with Crippen molar-refractivity contribution in [3.8, 4) is 11.8 Å². The first-order valence-electron chi connectivity index (χ1n) is 6.47. The third-order valence-electron chi connectivity index (χ3n) is 2.58. The van der Waals surface area contributed by atoms with E-state index in [0.29, 0.717) is 6.54 Å². The lowest BCUT2D eigenvalue weighted by molar-refractivity contribution is -0.385. The van der Waals surface area contributed by atoms with Crippen LogP contribution in [0.3, 0.4) is 0 Å². The predicted molar refractivity (Wildman–Crippen MR) is 77.1 cm³/mol. The number of nitro groups is 1. The smallest absolute Gasteiger partial charge is 0.312 e. The van der Waals surface area contributed by atoms with E-state index in [1.54, 1.807) is 0 Å². The molecule has 1 unspecified atom stereocenters. The van der Waals surface area contributed by atoms with Crippen LogP contribution in [-0.4, -0.2) is 34.8 Å². The maximum absolute atomic E-state index is 10.9. The summed E-state index contributed by atoms with van der Waals surface area (Å²) in [7, 11) is 0. The summed E-state index contributed by atoms with van der Waals surface area (Å²) in [6, 6.07) is 5.77. The monoisotopic (exact) mass is 293 g/mol. The third-order valence-corrected chi connectivity index (χ3v) is 2.58. The minimum atomic E-state index is -0.792. The van der Waals surface area contributed by atoms with Crippen LogP contribution in [0.15, 0.2) is 18.2 Å². The Balaban J connectivity index is 2.67. The Morgan fingerprint density at radius 2 is 2.19 bits per heavy atom. The predicted octanol–water partition coefficient (Wildman–Crippen LogP) is 1.59. The minimum absolute atomic E-state index is 0.0359. The van der Waals surface area contributed by atoms with E-state index < -0.39 is 11.0 Å². The molecule has 7 nitrogen and oxygen atoms in total. The van der Waals surface area contributed by atoms with E-state index in [9.17, 15) is 15.2 Å². The highest BCUT2D eigenvalue weighted by molar-refractivity contribution is 5.51. The number of nitrogens with one attached hydrogen (secondary N) is 1. The number of hydrogen-bond acceptors (Lipinski definition) is 6. The lowest BCUT2D eigenvalue weighted by Gasteiger charge is -2.22. The van der Waals surface area contributed by atoms with E-state index in [2.05, 4.69) is 5.32 Å². The molecule has 1 aromatic carbocycles. The van der Waals surface area contributed by atoms with Crippen molar-refractivity contribution >= 4 is 5.69 Å². The second-order valence-electron chi connectivity index (χ2n) is 5.65. The zero-order valence-corrected chi connectivity index (χ0v) is 12.3. The van der Waals surface area contributed by atoms with Gasteiger partial charge in [-0.1, -0.05) is 0 Å². The van der Waals surface area contributed by atoms with Crippen molar-refractivity contribution in [3.05, 3.63) is 33.9 Å². The molecule has 0 fully saturated rings. The lowest BCUT2D eigenvalue weighted by Crippen LogP contribution is -2.42. The average Bonchev–Trinajstić information content (AvgIpc) is 2.41. The molecule has 0 saturated heterocycles. The fraction of sp³-hybridized carbons (Fsp3) is 0.500. The Hall–Kier alpha value is -2.17. The van der Waals surface area contributed by atoms with Crippen molar-refractivity contribution in [2.75, 3.05) is 13.2 Å². The fourth-order valence-electron chi connectivity index (χ4n) is 1.52. The fourth-order valence-corrected chi connectivity index (χ4v) is 1.52. The molecule has 0 aliphatic rings. The van der Waals surface area contributed by atoms with Crippen LogP contribution in [0.25, 0.3) is 0 Å². The SMILES string of the molecule is CC(C)(C)NCC(O)COc1ccc(C#N)cc1[N+](=O)[O-]. The summed E-state index contributed by atoms with van der Waals surface area (Å²) in [5, 5.41) is 32.6. The Labute approximate surface area is 123 Å². The van der Waals surface area contributed by atoms with E-state index in [0.717, 1.165) is 6.07 Å². The molecule has 7 heteroatoms. The summed E-state index contributed by atoms with van der Waals surface area (Å²) in [4.78, 5) is 10.3. The van der Waals surface area contributed by atoms with E-state index in [4.69, 9.17) is 10.00 Å². The van der Waals surface area contributed by atoms with Crippen LogP contribution in [0.4, 0.5) is 5.69 Å². The van der Waals surface area contributed by atoms with Crippen LogP contribution >= 0.6 is 0 Å². The Kier molecular flexibility index (Phi) is 5.64. The molecule has 0 aliphatic carbocycles. The number of nitro benzene ring substituents is 1. The van der Waals surface area contributed by atoms with Crippen LogP contribution in [-0.2, 0) is 0 Å². The van der Waals surface area contributed by atoms with Crippen LogP contribution in [0.2, 0.25) is 0 Å². The number of rotatable bonds is 6. The first kappa shape index (κ1) is 16.9. The van der Waals surface area contributed by atoms with Gasteiger partial charge in [-0.25, -0.2) is 0 Å². The highest BCUT2D eigenvalue weighted by Crippen LogP contribution is 2.27. The van der Waals surface area contributed by atoms with Crippen LogP contribution in [0.1, 0.15) is 26.3 Å². The van der Waals surface area contributed by atoms with E-state index >= 15 is 0 Å². The van der Waals surface area contributed by atoms with Crippen molar-refractivity contribution in [2.45, 2.75) is 32.4 Å². The van der Waals surface area contributed by atoms with Crippen LogP contribution in [0.5, 0.6) is 5.75 Å². The topological polar surface area (TPSA) is 108 Å². The summed E-state index contributed by atoms with van der Waals surface area (Å²) in [6.07, 6.45) is -0.792. The molecular weight excluding hydrogens is 274 g/mol. The molecule has 0 spiro atoms. The van der Waals surface area contributed by atoms with Gasteiger partial charge in [-0.2, -0.15) is 5.26 Å². The molecule has 1 atom stereocenters. The van der Waals surface area contributed by atoms with Gasteiger partial charge in [-0.05, 0) is 32.9 Å². The third kappa shape index (κ3) is 5.77. The molecule has 1 aromatic rings. The molecule has 114 valence electrons. The van der Waals surface area contributed by atoms with Crippen molar-refractivity contribution in [1.29, 1.82) is 5.26 Å². The lowest BCUT2D eigenvalue weighted by atomic mass is 10.1. The van der Waals surface area contributed by atoms with Gasteiger partial charge in [-0.15, -0.1) is 0 Å². The number of hydrogen-bond donors (Lipinski definition) is 2. The molecule has 0 bridgehead atoms. The van der Waals surface area contributed by atoms with Gasteiger partial charge in [0.2, 0.25) is 0 Å². The summed E-state index contributed by atoms with van der Waals surface area (Å²) >= 11 is 0. The highest BCUT2D eigenvalue weighted by atomic mass is 16.6. The Morgan fingerprint density at radius 3 is 2.71 bits per heavy atom. The molecule has 0 heterocycles. The van der Waals surface area contributed by atoms with Crippen molar-refractivity contribution in [3.63, 3.8) is 0 Å². The van der Waals surface area contributed by atoms with Gasteiger partial charge in [0.25, 0.3) is 0 Å². The zero-order valence-electron chi connectivity index (χ0n) is 12.3. The maximum Gasteiger partial charge on any atom is 0.312 e. The van der Waals surface area contributed by atoms with E-state index in [1.165, 1.54) is 12.1 Å². The number of aliphatic hydroxyl groups excluding tert-OH is 1. The summed E-state index contributed by atoms with van der Waals surface area (Å²) in [6.45, 7) is 6.13. The van der Waals surface area contributed by atoms with Gasteiger partial charge in [0.15, 0.2) is 5.75 Å². The molecule has 1 rings (SSSR count). The maximum atomic E-state index is 10.9. The quantitative estimate of drug-likeness (QED) is 0.609. The number of nitriles is 1. The number of ether oxygens (including phenoxy) is 1. The summed E-state index contributed by atoms with van der Waals surface area (Å²) in [5.74, 6) is 0.0359. The number of β-amino-alcohol motifs (C(OH)–C–C–N with tert-alkyl or cyclic N) is 1. The normalized spacial score (nSPS) is 12.5. The standard InChI is InChI=1S/C14H19N3O4/c1-14(2,3)16-8-11(18)9-21-13-5-4-10(7-15)6-12(13)17(19)20/h4-6,11,16,18H,8-9H2,1-3H3. The van der Waals surface area contributed by atoms with Gasteiger partial charge < -0.3 is 15.2 Å². The molecule has 0 amide bonds. The molecule has 0 aliphatic heterocycles.